The van der Waals surface area contributed by atoms with Crippen LogP contribution in [0, 0.1) is 0 Å². The number of morpholine rings is 1. The number of hydrogen-bond acceptors (Lipinski definition) is 5. The zero-order valence-electron chi connectivity index (χ0n) is 14.8. The average Bonchev–Trinajstić information content (AvgIpc) is 3.23. The minimum absolute atomic E-state index is 0.00696. The van der Waals surface area contributed by atoms with Gasteiger partial charge in [-0.3, -0.25) is 19.7 Å². The Bertz CT molecular complexity index is 539. The molecule has 0 aromatic carbocycles. The molecule has 1 unspecified atom stereocenters. The topological polar surface area (TPSA) is 73.5 Å². The highest BCUT2D eigenvalue weighted by atomic mass is 16.5. The summed E-state index contributed by atoms with van der Waals surface area (Å²) in [6, 6.07) is 0.233. The van der Waals surface area contributed by atoms with E-state index >= 15 is 0 Å². The predicted octanol–water partition coefficient (Wildman–Crippen LogP) is 0.669. The molecular formula is C17H29N5O2. The molecule has 3 rings (SSSR count). The first kappa shape index (κ1) is 17.4. The van der Waals surface area contributed by atoms with Crippen LogP contribution in [0.3, 0.4) is 0 Å². The van der Waals surface area contributed by atoms with Crippen molar-refractivity contribution in [3.05, 3.63) is 17.5 Å². The number of aromatic nitrogens is 2. The number of nitrogens with one attached hydrogen (secondary N) is 2. The van der Waals surface area contributed by atoms with E-state index in [1.54, 1.807) is 6.20 Å². The van der Waals surface area contributed by atoms with Crippen molar-refractivity contribution in [2.75, 3.05) is 52.5 Å². The summed E-state index contributed by atoms with van der Waals surface area (Å²) in [5, 5.41) is 10.1. The van der Waals surface area contributed by atoms with Crippen LogP contribution in [0.1, 0.15) is 42.2 Å². The lowest BCUT2D eigenvalue weighted by molar-refractivity contribution is 0.0343. The van der Waals surface area contributed by atoms with Gasteiger partial charge in [-0.1, -0.05) is 13.8 Å². The Morgan fingerprint density at radius 1 is 1.33 bits per heavy atom. The van der Waals surface area contributed by atoms with Gasteiger partial charge in [0.25, 0.3) is 5.91 Å². The molecule has 1 aromatic rings. The molecule has 0 radical (unpaired) electrons. The number of nitrogens with zero attached hydrogens (tertiary/aromatic N) is 3. The summed E-state index contributed by atoms with van der Waals surface area (Å²) >= 11 is 0. The maximum Gasteiger partial charge on any atom is 0.255 e. The van der Waals surface area contributed by atoms with Crippen molar-refractivity contribution < 1.29 is 9.53 Å². The number of hydrogen-bond donors (Lipinski definition) is 2. The van der Waals surface area contributed by atoms with Gasteiger partial charge in [0.1, 0.15) is 0 Å². The minimum Gasteiger partial charge on any atom is -0.379 e. The van der Waals surface area contributed by atoms with E-state index in [1.165, 1.54) is 0 Å². The quantitative estimate of drug-likeness (QED) is 0.799. The molecule has 0 bridgehead atoms. The van der Waals surface area contributed by atoms with Crippen LogP contribution in [0.25, 0.3) is 0 Å². The van der Waals surface area contributed by atoms with E-state index in [0.29, 0.717) is 5.56 Å². The van der Waals surface area contributed by atoms with Gasteiger partial charge in [-0.2, -0.15) is 5.10 Å². The van der Waals surface area contributed by atoms with E-state index in [2.05, 4.69) is 39.2 Å². The normalized spacial score (nSPS) is 23.0. The number of likely N-dealkylation sites (tertiary alicyclic amines) is 1. The fourth-order valence-corrected chi connectivity index (χ4v) is 3.44. The number of carbonyl (C=O) groups is 1. The van der Waals surface area contributed by atoms with Crippen LogP contribution in [0.4, 0.5) is 0 Å². The Balaban J connectivity index is 1.43. The van der Waals surface area contributed by atoms with Gasteiger partial charge in [-0.15, -0.1) is 0 Å². The second kappa shape index (κ2) is 8.09. The summed E-state index contributed by atoms with van der Waals surface area (Å²) in [6.45, 7) is 12.0. The molecule has 0 spiro atoms. The van der Waals surface area contributed by atoms with Crippen molar-refractivity contribution >= 4 is 5.91 Å². The summed E-state index contributed by atoms with van der Waals surface area (Å²) in [5.74, 6) is 0.259. The molecule has 2 aliphatic heterocycles. The lowest BCUT2D eigenvalue weighted by atomic mass is 10.1. The van der Waals surface area contributed by atoms with E-state index in [4.69, 9.17) is 4.74 Å². The Morgan fingerprint density at radius 3 is 2.83 bits per heavy atom. The molecule has 1 amide bonds. The first-order valence-electron chi connectivity index (χ1n) is 9.00. The largest absolute Gasteiger partial charge is 0.379 e. The molecule has 1 aromatic heterocycles. The van der Waals surface area contributed by atoms with Gasteiger partial charge in [-0.25, -0.2) is 0 Å². The van der Waals surface area contributed by atoms with Crippen LogP contribution in [0.15, 0.2) is 6.20 Å². The van der Waals surface area contributed by atoms with Crippen molar-refractivity contribution in [2.45, 2.75) is 32.2 Å². The molecule has 2 aliphatic rings. The third-order valence-corrected chi connectivity index (χ3v) is 4.93. The number of carbonyl (C=O) groups excluding carboxylic acids is 1. The predicted molar refractivity (Wildman–Crippen MR) is 92.2 cm³/mol. The van der Waals surface area contributed by atoms with Gasteiger partial charge in [0.15, 0.2) is 0 Å². The maximum absolute atomic E-state index is 12.5. The van der Waals surface area contributed by atoms with Gasteiger partial charge < -0.3 is 10.1 Å². The molecule has 2 fully saturated rings. The molecular weight excluding hydrogens is 306 g/mol. The number of H-pyrrole nitrogens is 1. The third kappa shape index (κ3) is 4.34. The zero-order chi connectivity index (χ0) is 16.9. The number of aromatic amines is 1. The standard InChI is InChI=1S/C17H29N5O2/c1-13(2)16-15(11-18-20-16)17(23)19-14-3-4-22(12-14)6-5-21-7-9-24-10-8-21/h11,13-14H,3-10,12H2,1-2H3,(H,18,20)(H,19,23). The molecule has 134 valence electrons. The Labute approximate surface area is 143 Å². The molecule has 3 heterocycles. The van der Waals surface area contributed by atoms with E-state index in [0.717, 1.165) is 64.6 Å². The van der Waals surface area contributed by atoms with Gasteiger partial charge in [0, 0.05) is 45.3 Å². The second-order valence-corrected chi connectivity index (χ2v) is 7.07. The Hall–Kier alpha value is -1.44. The highest BCUT2D eigenvalue weighted by molar-refractivity contribution is 5.95. The molecule has 2 saturated heterocycles. The van der Waals surface area contributed by atoms with Gasteiger partial charge in [0.05, 0.1) is 30.7 Å². The average molecular weight is 335 g/mol. The molecule has 7 nitrogen and oxygen atoms in total. The van der Waals surface area contributed by atoms with Crippen molar-refractivity contribution in [2.24, 2.45) is 0 Å². The highest BCUT2D eigenvalue weighted by Crippen LogP contribution is 2.17. The number of rotatable bonds is 6. The fraction of sp³-hybridized carbons (Fsp3) is 0.765. The second-order valence-electron chi connectivity index (χ2n) is 7.07. The van der Waals surface area contributed by atoms with Gasteiger partial charge in [-0.05, 0) is 12.3 Å². The summed E-state index contributed by atoms with van der Waals surface area (Å²) < 4.78 is 5.38. The van der Waals surface area contributed by atoms with E-state index in [1.807, 2.05) is 0 Å². The summed E-state index contributed by atoms with van der Waals surface area (Å²) in [6.07, 6.45) is 2.65. The van der Waals surface area contributed by atoms with E-state index < -0.39 is 0 Å². The van der Waals surface area contributed by atoms with Crippen molar-refractivity contribution in [3.8, 4) is 0 Å². The van der Waals surface area contributed by atoms with Crippen LogP contribution < -0.4 is 5.32 Å². The zero-order valence-corrected chi connectivity index (χ0v) is 14.8. The molecule has 24 heavy (non-hydrogen) atoms. The SMILES string of the molecule is CC(C)c1[nH]ncc1C(=O)NC1CCN(CCN2CCOCC2)C1. The molecule has 0 aliphatic carbocycles. The monoisotopic (exact) mass is 335 g/mol. The van der Waals surface area contributed by atoms with Crippen molar-refractivity contribution in [1.82, 2.24) is 25.3 Å². The maximum atomic E-state index is 12.5. The number of amides is 1. The minimum atomic E-state index is -0.00696. The molecule has 1 atom stereocenters. The van der Waals surface area contributed by atoms with Crippen LogP contribution in [-0.4, -0.2) is 84.4 Å². The molecule has 7 heteroatoms. The van der Waals surface area contributed by atoms with Crippen LogP contribution >= 0.6 is 0 Å². The van der Waals surface area contributed by atoms with Crippen molar-refractivity contribution in [3.63, 3.8) is 0 Å². The highest BCUT2D eigenvalue weighted by Gasteiger charge is 2.26. The third-order valence-electron chi connectivity index (χ3n) is 4.93. The first-order valence-corrected chi connectivity index (χ1v) is 9.00. The van der Waals surface area contributed by atoms with Crippen LogP contribution in [0.5, 0.6) is 0 Å². The smallest absolute Gasteiger partial charge is 0.255 e. The summed E-state index contributed by atoms with van der Waals surface area (Å²) in [7, 11) is 0. The van der Waals surface area contributed by atoms with Crippen molar-refractivity contribution in [1.29, 1.82) is 0 Å². The summed E-state index contributed by atoms with van der Waals surface area (Å²) in [4.78, 5) is 17.4. The first-order chi connectivity index (χ1) is 11.6. The van der Waals surface area contributed by atoms with E-state index in [9.17, 15) is 4.79 Å². The fourth-order valence-electron chi connectivity index (χ4n) is 3.44. The van der Waals surface area contributed by atoms with E-state index in [-0.39, 0.29) is 17.9 Å². The Kier molecular flexibility index (Phi) is 5.86. The lowest BCUT2D eigenvalue weighted by Crippen LogP contribution is -2.42. The molecule has 2 N–H and O–H groups in total. The van der Waals surface area contributed by atoms with Gasteiger partial charge in [0.2, 0.25) is 0 Å². The lowest BCUT2D eigenvalue weighted by Gasteiger charge is -2.28. The number of ether oxygens (including phenoxy) is 1. The van der Waals surface area contributed by atoms with Gasteiger partial charge >= 0.3 is 0 Å². The molecule has 0 saturated carbocycles. The van der Waals surface area contributed by atoms with Crippen LogP contribution in [-0.2, 0) is 4.74 Å². The summed E-state index contributed by atoms with van der Waals surface area (Å²) in [5.41, 5.74) is 1.59. The van der Waals surface area contributed by atoms with Crippen LogP contribution in [0.2, 0.25) is 0 Å². The Morgan fingerprint density at radius 2 is 2.08 bits per heavy atom.